The van der Waals surface area contributed by atoms with E-state index in [4.69, 9.17) is 19.5 Å². The van der Waals surface area contributed by atoms with Gasteiger partial charge in [0.1, 0.15) is 6.10 Å². The number of carbonyl (C=O) groups is 1. The summed E-state index contributed by atoms with van der Waals surface area (Å²) in [5, 5.41) is 8.94. The quantitative estimate of drug-likeness (QED) is 0.718. The minimum absolute atomic E-state index is 0.0837. The molecule has 7 nitrogen and oxygen atoms in total. The average molecular weight is 379 g/mol. The van der Waals surface area contributed by atoms with Crippen LogP contribution in [0.4, 0.5) is 0 Å². The monoisotopic (exact) mass is 379 g/mol. The van der Waals surface area contributed by atoms with Gasteiger partial charge in [0, 0.05) is 31.3 Å². The highest BCUT2D eigenvalue weighted by Crippen LogP contribution is 2.28. The molecule has 0 N–H and O–H groups in total. The Labute approximate surface area is 163 Å². The fraction of sp³-hybridized carbons (Fsp3) is 0.286. The Hall–Kier alpha value is -3.53. The van der Waals surface area contributed by atoms with Gasteiger partial charge in [-0.2, -0.15) is 5.26 Å². The van der Waals surface area contributed by atoms with Crippen molar-refractivity contribution in [2.24, 2.45) is 0 Å². The standard InChI is InChI=1S/C21H21N3O4/c1-26-18-5-3-15(11-19(18)27-2)4-6-21(25)24-10-8-17(14-24)28-20-12-16(13-22)7-9-23-20/h3-7,9,11-12,17H,8,10,14H2,1-2H3/b6-4+. The van der Waals surface area contributed by atoms with Gasteiger partial charge in [0.2, 0.25) is 11.8 Å². The van der Waals surface area contributed by atoms with Crippen molar-refractivity contribution < 1.29 is 19.0 Å². The third-order valence-corrected chi connectivity index (χ3v) is 4.43. The van der Waals surface area contributed by atoms with E-state index in [0.717, 1.165) is 5.56 Å². The molecule has 0 aliphatic carbocycles. The minimum atomic E-state index is -0.139. The largest absolute Gasteiger partial charge is 0.493 e. The molecule has 28 heavy (non-hydrogen) atoms. The van der Waals surface area contributed by atoms with Crippen LogP contribution in [0, 0.1) is 11.3 Å². The lowest BCUT2D eigenvalue weighted by Crippen LogP contribution is -2.29. The Morgan fingerprint density at radius 3 is 2.82 bits per heavy atom. The van der Waals surface area contributed by atoms with Gasteiger partial charge in [0.05, 0.1) is 32.4 Å². The summed E-state index contributed by atoms with van der Waals surface area (Å²) >= 11 is 0. The molecule has 3 rings (SSSR count). The lowest BCUT2D eigenvalue weighted by atomic mass is 10.2. The van der Waals surface area contributed by atoms with Crippen molar-refractivity contribution in [3.63, 3.8) is 0 Å². The average Bonchev–Trinajstić information content (AvgIpc) is 3.20. The zero-order valence-electron chi connectivity index (χ0n) is 15.8. The first-order valence-corrected chi connectivity index (χ1v) is 8.84. The molecule has 1 aliphatic rings. The number of likely N-dealkylation sites (tertiary alicyclic amines) is 1. The van der Waals surface area contributed by atoms with Gasteiger partial charge in [-0.05, 0) is 29.8 Å². The smallest absolute Gasteiger partial charge is 0.246 e. The van der Waals surface area contributed by atoms with E-state index in [1.165, 1.54) is 12.3 Å². The molecule has 1 unspecified atom stereocenters. The number of pyridine rings is 1. The van der Waals surface area contributed by atoms with Crippen LogP contribution in [0.15, 0.2) is 42.6 Å². The van der Waals surface area contributed by atoms with Gasteiger partial charge in [-0.25, -0.2) is 4.98 Å². The molecule has 0 radical (unpaired) electrons. The van der Waals surface area contributed by atoms with Crippen LogP contribution in [-0.4, -0.2) is 49.2 Å². The van der Waals surface area contributed by atoms with Crippen LogP contribution < -0.4 is 14.2 Å². The van der Waals surface area contributed by atoms with Gasteiger partial charge in [0.15, 0.2) is 11.5 Å². The molecule has 1 atom stereocenters. The minimum Gasteiger partial charge on any atom is -0.493 e. The van der Waals surface area contributed by atoms with Gasteiger partial charge in [-0.3, -0.25) is 4.79 Å². The van der Waals surface area contributed by atoms with Gasteiger partial charge < -0.3 is 19.1 Å². The molecular formula is C21H21N3O4. The van der Waals surface area contributed by atoms with E-state index < -0.39 is 0 Å². The normalized spacial score (nSPS) is 16.0. The number of amides is 1. The SMILES string of the molecule is COc1ccc(/C=C/C(=O)N2CCC(Oc3cc(C#N)ccn3)C2)cc1OC. The first-order chi connectivity index (χ1) is 13.6. The van der Waals surface area contributed by atoms with E-state index in [2.05, 4.69) is 11.1 Å². The highest BCUT2D eigenvalue weighted by atomic mass is 16.5. The summed E-state index contributed by atoms with van der Waals surface area (Å²) in [5.41, 5.74) is 1.34. The third kappa shape index (κ3) is 4.60. The number of ether oxygens (including phenoxy) is 3. The van der Waals surface area contributed by atoms with Crippen LogP contribution in [0.3, 0.4) is 0 Å². The number of hydrogen-bond acceptors (Lipinski definition) is 6. The number of benzene rings is 1. The maximum Gasteiger partial charge on any atom is 0.246 e. The second-order valence-corrected chi connectivity index (χ2v) is 6.26. The third-order valence-electron chi connectivity index (χ3n) is 4.43. The molecule has 2 heterocycles. The highest BCUT2D eigenvalue weighted by molar-refractivity contribution is 5.92. The van der Waals surface area contributed by atoms with Crippen LogP contribution in [-0.2, 0) is 4.79 Å². The Morgan fingerprint density at radius 2 is 2.07 bits per heavy atom. The molecule has 0 saturated carbocycles. The Bertz CT molecular complexity index is 920. The van der Waals surface area contributed by atoms with E-state index in [1.807, 2.05) is 12.1 Å². The van der Waals surface area contributed by atoms with E-state index >= 15 is 0 Å². The summed E-state index contributed by atoms with van der Waals surface area (Å²) < 4.78 is 16.3. The number of aromatic nitrogens is 1. The van der Waals surface area contributed by atoms with Gasteiger partial charge in [-0.15, -0.1) is 0 Å². The van der Waals surface area contributed by atoms with Crippen LogP contribution in [0.2, 0.25) is 0 Å². The Morgan fingerprint density at radius 1 is 1.25 bits per heavy atom. The molecule has 1 aromatic heterocycles. The maximum absolute atomic E-state index is 12.5. The number of methoxy groups -OCH3 is 2. The number of carbonyl (C=O) groups excluding carboxylic acids is 1. The number of rotatable bonds is 6. The van der Waals surface area contributed by atoms with Crippen molar-refractivity contribution in [3.8, 4) is 23.4 Å². The summed E-state index contributed by atoms with van der Waals surface area (Å²) in [6.07, 6.45) is 5.40. The maximum atomic E-state index is 12.5. The summed E-state index contributed by atoms with van der Waals surface area (Å²) in [6.45, 7) is 1.09. The molecular weight excluding hydrogens is 358 g/mol. The zero-order chi connectivity index (χ0) is 19.9. The topological polar surface area (TPSA) is 84.7 Å². The lowest BCUT2D eigenvalue weighted by Gasteiger charge is -2.15. The molecule has 1 amide bonds. The molecule has 1 fully saturated rings. The fourth-order valence-electron chi connectivity index (χ4n) is 2.97. The van der Waals surface area contributed by atoms with Gasteiger partial charge >= 0.3 is 0 Å². The van der Waals surface area contributed by atoms with Gasteiger partial charge in [0.25, 0.3) is 0 Å². The number of nitrogens with zero attached hydrogens (tertiary/aromatic N) is 3. The van der Waals surface area contributed by atoms with E-state index in [9.17, 15) is 4.79 Å². The number of nitriles is 1. The Kier molecular flexibility index (Phi) is 6.12. The highest BCUT2D eigenvalue weighted by Gasteiger charge is 2.26. The lowest BCUT2D eigenvalue weighted by molar-refractivity contribution is -0.125. The van der Waals surface area contributed by atoms with Gasteiger partial charge in [-0.1, -0.05) is 6.07 Å². The molecule has 7 heteroatoms. The fourth-order valence-corrected chi connectivity index (χ4v) is 2.97. The second kappa shape index (κ2) is 8.91. The van der Waals surface area contributed by atoms with E-state index in [1.54, 1.807) is 43.4 Å². The second-order valence-electron chi connectivity index (χ2n) is 6.26. The Balaban J connectivity index is 1.58. The van der Waals surface area contributed by atoms with Crippen LogP contribution in [0.5, 0.6) is 17.4 Å². The summed E-state index contributed by atoms with van der Waals surface area (Å²) in [6, 6.07) is 10.7. The van der Waals surface area contributed by atoms with Crippen molar-refractivity contribution >= 4 is 12.0 Å². The molecule has 2 aromatic rings. The molecule has 0 spiro atoms. The van der Waals surface area contributed by atoms with Crippen LogP contribution in [0.25, 0.3) is 6.08 Å². The van der Waals surface area contributed by atoms with E-state index in [-0.39, 0.29) is 12.0 Å². The molecule has 1 saturated heterocycles. The molecule has 1 aliphatic heterocycles. The molecule has 144 valence electrons. The number of hydrogen-bond donors (Lipinski definition) is 0. The van der Waals surface area contributed by atoms with Crippen molar-refractivity contribution in [3.05, 3.63) is 53.7 Å². The first kappa shape index (κ1) is 19.2. The van der Waals surface area contributed by atoms with Crippen LogP contribution >= 0.6 is 0 Å². The van der Waals surface area contributed by atoms with Crippen molar-refractivity contribution in [2.75, 3.05) is 27.3 Å². The van der Waals surface area contributed by atoms with Crippen molar-refractivity contribution in [1.29, 1.82) is 5.26 Å². The summed E-state index contributed by atoms with van der Waals surface area (Å²) in [5.74, 6) is 1.57. The summed E-state index contributed by atoms with van der Waals surface area (Å²) in [7, 11) is 3.15. The zero-order valence-corrected chi connectivity index (χ0v) is 15.8. The molecule has 0 bridgehead atoms. The first-order valence-electron chi connectivity index (χ1n) is 8.84. The predicted octanol–water partition coefficient (Wildman–Crippen LogP) is 2.66. The van der Waals surface area contributed by atoms with E-state index in [0.29, 0.717) is 42.5 Å². The summed E-state index contributed by atoms with van der Waals surface area (Å²) in [4.78, 5) is 18.3. The predicted molar refractivity (Wildman–Crippen MR) is 103 cm³/mol. The van der Waals surface area contributed by atoms with Crippen LogP contribution in [0.1, 0.15) is 17.5 Å². The molecule has 1 aromatic carbocycles. The van der Waals surface area contributed by atoms with Crippen molar-refractivity contribution in [1.82, 2.24) is 9.88 Å². The van der Waals surface area contributed by atoms with Crippen molar-refractivity contribution in [2.45, 2.75) is 12.5 Å².